The van der Waals surface area contributed by atoms with Gasteiger partial charge in [0.15, 0.2) is 0 Å². The first kappa shape index (κ1) is 26.1. The lowest BCUT2D eigenvalue weighted by atomic mass is 9.90. The summed E-state index contributed by atoms with van der Waals surface area (Å²) in [7, 11) is -4.25. The Morgan fingerprint density at radius 3 is 2.57 bits per heavy atom. The Bertz CT molecular complexity index is 1280. The van der Waals surface area contributed by atoms with Crippen LogP contribution in [0.5, 0.6) is 0 Å². The standard InChI is InChI=1S/C27H32F2N2O5S/c1-18-10-11-22(16-23(18)29)37(34,35)31-24(19-5-2-6-20(28)15-19)8-3-9-25(31)27(12-13-27)36-26(33)30-14-4-7-21(30)17-32/h2,5-6,10-11,15-16,21,24-25,32H,3-4,7-9,12-14,17H2,1H3/t21-,24-,25+/m0/s1. The lowest BCUT2D eigenvalue weighted by Gasteiger charge is -2.44. The summed E-state index contributed by atoms with van der Waals surface area (Å²) >= 11 is 0. The van der Waals surface area contributed by atoms with Gasteiger partial charge in [0.05, 0.1) is 29.6 Å². The summed E-state index contributed by atoms with van der Waals surface area (Å²) in [5, 5.41) is 9.65. The van der Waals surface area contributed by atoms with E-state index in [1.807, 2.05) is 0 Å². The quantitative estimate of drug-likeness (QED) is 0.582. The largest absolute Gasteiger partial charge is 0.441 e. The van der Waals surface area contributed by atoms with Gasteiger partial charge in [0.25, 0.3) is 0 Å². The van der Waals surface area contributed by atoms with E-state index in [1.165, 1.54) is 33.5 Å². The summed E-state index contributed by atoms with van der Waals surface area (Å²) in [5.41, 5.74) is -0.197. The maximum Gasteiger partial charge on any atom is 0.410 e. The van der Waals surface area contributed by atoms with Crippen molar-refractivity contribution in [1.82, 2.24) is 9.21 Å². The Hall–Kier alpha value is -2.56. The van der Waals surface area contributed by atoms with Crippen LogP contribution in [0, 0.1) is 18.6 Å². The molecule has 10 heteroatoms. The van der Waals surface area contributed by atoms with E-state index in [9.17, 15) is 27.1 Å². The van der Waals surface area contributed by atoms with Crippen molar-refractivity contribution in [3.05, 3.63) is 65.2 Å². The van der Waals surface area contributed by atoms with Crippen molar-refractivity contribution in [2.75, 3.05) is 13.2 Å². The minimum Gasteiger partial charge on any atom is -0.441 e. The third-order valence-electron chi connectivity index (χ3n) is 7.98. The van der Waals surface area contributed by atoms with E-state index in [4.69, 9.17) is 4.74 Å². The average molecular weight is 535 g/mol. The van der Waals surface area contributed by atoms with Crippen LogP contribution >= 0.6 is 0 Å². The molecular formula is C27H32F2N2O5S. The summed E-state index contributed by atoms with van der Waals surface area (Å²) in [4.78, 5) is 14.5. The summed E-state index contributed by atoms with van der Waals surface area (Å²) in [6.45, 7) is 1.87. The van der Waals surface area contributed by atoms with Crippen molar-refractivity contribution in [2.45, 2.75) is 80.5 Å². The van der Waals surface area contributed by atoms with Crippen LogP contribution in [0.3, 0.4) is 0 Å². The molecule has 7 nitrogen and oxygen atoms in total. The Labute approximate surface area is 216 Å². The molecule has 2 saturated heterocycles. The molecule has 1 N–H and O–H groups in total. The molecule has 37 heavy (non-hydrogen) atoms. The number of carbonyl (C=O) groups excluding carboxylic acids is 1. The van der Waals surface area contributed by atoms with E-state index in [2.05, 4.69) is 0 Å². The van der Waals surface area contributed by atoms with E-state index in [0.29, 0.717) is 56.2 Å². The topological polar surface area (TPSA) is 87.2 Å². The molecule has 1 aliphatic carbocycles. The smallest absolute Gasteiger partial charge is 0.410 e. The van der Waals surface area contributed by atoms with Gasteiger partial charge in [-0.1, -0.05) is 18.2 Å². The molecule has 2 aliphatic heterocycles. The highest BCUT2D eigenvalue weighted by atomic mass is 32.2. The number of aliphatic hydroxyl groups excluding tert-OH is 1. The third-order valence-corrected chi connectivity index (χ3v) is 9.90. The SMILES string of the molecule is Cc1ccc(S(=O)(=O)N2[C@H](c3cccc(F)c3)CCC[C@@H]2C2(OC(=O)N3CCC[C@H]3CO)CC2)cc1F. The van der Waals surface area contributed by atoms with Gasteiger partial charge < -0.3 is 14.7 Å². The zero-order valence-corrected chi connectivity index (χ0v) is 21.6. The molecule has 0 unspecified atom stereocenters. The molecule has 2 aromatic carbocycles. The fourth-order valence-corrected chi connectivity index (χ4v) is 7.74. The molecule has 0 spiro atoms. The van der Waals surface area contributed by atoms with Crippen LogP contribution in [0.4, 0.5) is 13.6 Å². The lowest BCUT2D eigenvalue weighted by Crippen LogP contribution is -2.54. The molecule has 2 heterocycles. The van der Waals surface area contributed by atoms with Gasteiger partial charge in [-0.25, -0.2) is 22.0 Å². The maximum absolute atomic E-state index is 14.5. The first-order valence-corrected chi connectivity index (χ1v) is 14.3. The van der Waals surface area contributed by atoms with Crippen LogP contribution in [0.2, 0.25) is 0 Å². The van der Waals surface area contributed by atoms with Crippen LogP contribution < -0.4 is 0 Å². The van der Waals surface area contributed by atoms with Crippen LogP contribution in [0.25, 0.3) is 0 Å². The summed E-state index contributed by atoms with van der Waals surface area (Å²) in [5.74, 6) is -1.11. The first-order valence-electron chi connectivity index (χ1n) is 12.8. The van der Waals surface area contributed by atoms with E-state index >= 15 is 0 Å². The highest BCUT2D eigenvalue weighted by Gasteiger charge is 2.60. The van der Waals surface area contributed by atoms with Crippen molar-refractivity contribution in [3.8, 4) is 0 Å². The van der Waals surface area contributed by atoms with Crippen molar-refractivity contribution < 1.29 is 31.8 Å². The van der Waals surface area contributed by atoms with Gasteiger partial charge in [0.1, 0.15) is 17.2 Å². The van der Waals surface area contributed by atoms with Gasteiger partial charge >= 0.3 is 6.09 Å². The number of hydrogen-bond acceptors (Lipinski definition) is 5. The number of benzene rings is 2. The minimum absolute atomic E-state index is 0.160. The van der Waals surface area contributed by atoms with Crippen molar-refractivity contribution >= 4 is 16.1 Å². The molecular weight excluding hydrogens is 502 g/mol. The fraction of sp³-hybridized carbons (Fsp3) is 0.519. The van der Waals surface area contributed by atoms with Gasteiger partial charge in [-0.3, -0.25) is 0 Å². The number of ether oxygens (including phenoxy) is 1. The lowest BCUT2D eigenvalue weighted by molar-refractivity contribution is -0.0125. The number of sulfonamides is 1. The van der Waals surface area contributed by atoms with Crippen LogP contribution in [0.15, 0.2) is 47.4 Å². The van der Waals surface area contributed by atoms with Gasteiger partial charge in [0.2, 0.25) is 10.0 Å². The Morgan fingerprint density at radius 2 is 1.89 bits per heavy atom. The number of aliphatic hydroxyl groups is 1. The van der Waals surface area contributed by atoms with Crippen LogP contribution in [0.1, 0.15) is 62.1 Å². The second kappa shape index (κ2) is 9.96. The van der Waals surface area contributed by atoms with E-state index < -0.39 is 45.4 Å². The molecule has 3 atom stereocenters. The van der Waals surface area contributed by atoms with Gasteiger partial charge in [0, 0.05) is 6.54 Å². The highest BCUT2D eigenvalue weighted by molar-refractivity contribution is 7.89. The molecule has 1 amide bonds. The Balaban J connectivity index is 1.54. The number of hydrogen-bond donors (Lipinski definition) is 1. The summed E-state index contributed by atoms with van der Waals surface area (Å²) in [6, 6.07) is 7.97. The molecule has 0 radical (unpaired) electrons. The van der Waals surface area contributed by atoms with Crippen LogP contribution in [-0.4, -0.2) is 59.7 Å². The average Bonchev–Trinajstić information content (AvgIpc) is 3.49. The maximum atomic E-state index is 14.5. The van der Waals surface area contributed by atoms with Gasteiger partial charge in [-0.05, 0) is 87.3 Å². The zero-order chi connectivity index (χ0) is 26.4. The van der Waals surface area contributed by atoms with Gasteiger partial charge in [-0.2, -0.15) is 4.31 Å². The molecule has 0 aromatic heterocycles. The van der Waals surface area contributed by atoms with Crippen molar-refractivity contribution in [3.63, 3.8) is 0 Å². The number of halogens is 2. The molecule has 200 valence electrons. The molecule has 2 aromatic rings. The predicted molar refractivity (Wildman–Crippen MR) is 132 cm³/mol. The van der Waals surface area contributed by atoms with Crippen molar-refractivity contribution in [2.24, 2.45) is 0 Å². The van der Waals surface area contributed by atoms with Crippen LogP contribution in [-0.2, 0) is 14.8 Å². The number of likely N-dealkylation sites (tertiary alicyclic amines) is 1. The fourth-order valence-electron chi connectivity index (χ4n) is 5.81. The first-order chi connectivity index (χ1) is 17.7. The van der Waals surface area contributed by atoms with E-state index in [0.717, 1.165) is 12.5 Å². The Morgan fingerprint density at radius 1 is 1.11 bits per heavy atom. The highest BCUT2D eigenvalue weighted by Crippen LogP contribution is 2.53. The van der Waals surface area contributed by atoms with Gasteiger partial charge in [-0.15, -0.1) is 0 Å². The minimum atomic E-state index is -4.25. The predicted octanol–water partition coefficient (Wildman–Crippen LogP) is 4.68. The monoisotopic (exact) mass is 534 g/mol. The zero-order valence-electron chi connectivity index (χ0n) is 20.8. The molecule has 1 saturated carbocycles. The Kier molecular flexibility index (Phi) is 7.02. The normalized spacial score (nSPS) is 25.7. The van der Waals surface area contributed by atoms with E-state index in [1.54, 1.807) is 19.1 Å². The molecule has 3 fully saturated rings. The van der Waals surface area contributed by atoms with Crippen molar-refractivity contribution in [1.29, 1.82) is 0 Å². The molecule has 3 aliphatic rings. The molecule has 0 bridgehead atoms. The second-order valence-corrected chi connectivity index (χ2v) is 12.2. The number of nitrogens with zero attached hydrogens (tertiary/aromatic N) is 2. The number of carbonyl (C=O) groups is 1. The van der Waals surface area contributed by atoms with E-state index in [-0.39, 0.29) is 17.5 Å². The second-order valence-electron chi connectivity index (χ2n) is 10.4. The summed E-state index contributed by atoms with van der Waals surface area (Å²) in [6.07, 6.45) is 3.44. The number of rotatable bonds is 6. The number of piperidine rings is 1. The summed E-state index contributed by atoms with van der Waals surface area (Å²) < 4.78 is 64.3. The molecule has 5 rings (SSSR count). The third kappa shape index (κ3) is 4.86. The number of amides is 1. The number of aryl methyl sites for hydroxylation is 1.